The Balaban J connectivity index is 1.49. The maximum absolute atomic E-state index is 13.5. The number of carbonyl (C=O) groups is 1. The second-order valence-electron chi connectivity index (χ2n) is 8.55. The van der Waals surface area contributed by atoms with Crippen molar-refractivity contribution in [2.24, 2.45) is 0 Å². The van der Waals surface area contributed by atoms with E-state index in [-0.39, 0.29) is 33.3 Å². The van der Waals surface area contributed by atoms with E-state index in [1.54, 1.807) is 18.6 Å². The standard InChI is InChI=1S/C25H23Cl2N5O4S2/c1-15-10-19(31-9-8-29-13-31)16-4-3-5-21(24(16)30-15)36-11-17-18(26)6-7-22(23(17)27)38(34,35)32-14-37-12-20(32)25(33)28-2/h3-10,13,20H,11-12,14H2,1-2H3,(H,28,33)/t20-/m0/s1. The first kappa shape index (κ1) is 26.8. The van der Waals surface area contributed by atoms with E-state index in [1.165, 1.54) is 30.9 Å². The van der Waals surface area contributed by atoms with Crippen LogP contribution in [0.3, 0.4) is 0 Å². The van der Waals surface area contributed by atoms with Crippen molar-refractivity contribution in [2.75, 3.05) is 18.7 Å². The van der Waals surface area contributed by atoms with Gasteiger partial charge in [-0.3, -0.25) is 4.79 Å². The van der Waals surface area contributed by atoms with E-state index in [0.717, 1.165) is 21.1 Å². The highest BCUT2D eigenvalue weighted by Crippen LogP contribution is 2.37. The summed E-state index contributed by atoms with van der Waals surface area (Å²) >= 11 is 14.4. The molecular formula is C25H23Cl2N5O4S2. The van der Waals surface area contributed by atoms with Crippen LogP contribution >= 0.6 is 35.0 Å². The van der Waals surface area contributed by atoms with Crippen molar-refractivity contribution in [1.82, 2.24) is 24.2 Å². The van der Waals surface area contributed by atoms with Gasteiger partial charge in [-0.15, -0.1) is 11.8 Å². The van der Waals surface area contributed by atoms with Crippen LogP contribution in [0.25, 0.3) is 16.6 Å². The Morgan fingerprint density at radius 1 is 1.26 bits per heavy atom. The predicted octanol–water partition coefficient (Wildman–Crippen LogP) is 4.42. The SMILES string of the molecule is CNC(=O)[C@@H]1CSCN1S(=O)(=O)c1ccc(Cl)c(COc2cccc3c(-n4ccnc4)cc(C)nc23)c1Cl. The van der Waals surface area contributed by atoms with Crippen LogP contribution in [0.1, 0.15) is 11.3 Å². The van der Waals surface area contributed by atoms with E-state index in [4.69, 9.17) is 27.9 Å². The third-order valence-corrected chi connectivity index (χ3v) is 10.2. The summed E-state index contributed by atoms with van der Waals surface area (Å²) in [4.78, 5) is 21.0. The van der Waals surface area contributed by atoms with Gasteiger partial charge in [-0.2, -0.15) is 4.31 Å². The van der Waals surface area contributed by atoms with Gasteiger partial charge in [0, 0.05) is 46.9 Å². The van der Waals surface area contributed by atoms with Gasteiger partial charge < -0.3 is 14.6 Å². The fourth-order valence-electron chi connectivity index (χ4n) is 4.28. The van der Waals surface area contributed by atoms with Crippen LogP contribution in [0.2, 0.25) is 10.0 Å². The number of fused-ring (bicyclic) bond motifs is 1. The van der Waals surface area contributed by atoms with Crippen molar-refractivity contribution >= 4 is 61.8 Å². The van der Waals surface area contributed by atoms with Gasteiger partial charge in [0.15, 0.2) is 0 Å². The van der Waals surface area contributed by atoms with Gasteiger partial charge in [-0.1, -0.05) is 35.3 Å². The third-order valence-electron chi connectivity index (χ3n) is 6.19. The second kappa shape index (κ2) is 10.7. The number of para-hydroxylation sites is 1. The number of nitrogens with one attached hydrogen (secondary N) is 1. The number of amides is 1. The maximum Gasteiger partial charge on any atom is 0.246 e. The number of benzene rings is 2. The quantitative estimate of drug-likeness (QED) is 0.339. The molecule has 3 heterocycles. The summed E-state index contributed by atoms with van der Waals surface area (Å²) < 4.78 is 36.2. The van der Waals surface area contributed by atoms with Gasteiger partial charge in [0.25, 0.3) is 0 Å². The van der Waals surface area contributed by atoms with Gasteiger partial charge in [-0.05, 0) is 31.2 Å². The van der Waals surface area contributed by atoms with Crippen LogP contribution in [-0.2, 0) is 21.4 Å². The number of hydrogen-bond donors (Lipinski definition) is 1. The highest BCUT2D eigenvalue weighted by molar-refractivity contribution is 8.00. The summed E-state index contributed by atoms with van der Waals surface area (Å²) in [6, 6.07) is 9.53. The average Bonchev–Trinajstić information content (AvgIpc) is 3.61. The van der Waals surface area contributed by atoms with Crippen LogP contribution in [-0.4, -0.2) is 57.9 Å². The maximum atomic E-state index is 13.5. The predicted molar refractivity (Wildman–Crippen MR) is 149 cm³/mol. The Kier molecular flexibility index (Phi) is 7.56. The van der Waals surface area contributed by atoms with Crippen LogP contribution < -0.4 is 10.1 Å². The first-order valence-electron chi connectivity index (χ1n) is 11.5. The Morgan fingerprint density at radius 3 is 2.82 bits per heavy atom. The van der Waals surface area contributed by atoms with Crippen LogP contribution in [0, 0.1) is 6.92 Å². The minimum Gasteiger partial charge on any atom is -0.487 e. The summed E-state index contributed by atoms with van der Waals surface area (Å²) in [6.45, 7) is 1.80. The lowest BCUT2D eigenvalue weighted by atomic mass is 10.1. The van der Waals surface area contributed by atoms with Gasteiger partial charge in [-0.25, -0.2) is 18.4 Å². The molecule has 4 aromatic rings. The monoisotopic (exact) mass is 591 g/mol. The van der Waals surface area contributed by atoms with E-state index < -0.39 is 16.1 Å². The second-order valence-corrected chi connectivity index (χ2v) is 12.2. The molecule has 38 heavy (non-hydrogen) atoms. The van der Waals surface area contributed by atoms with Gasteiger partial charge in [0.05, 0.1) is 22.9 Å². The molecule has 0 bridgehead atoms. The lowest BCUT2D eigenvalue weighted by Gasteiger charge is -2.23. The molecule has 2 aromatic heterocycles. The lowest BCUT2D eigenvalue weighted by Crippen LogP contribution is -2.46. The van der Waals surface area contributed by atoms with Crippen molar-refractivity contribution in [3.05, 3.63) is 76.4 Å². The highest BCUT2D eigenvalue weighted by Gasteiger charge is 2.41. The van der Waals surface area contributed by atoms with Gasteiger partial charge in [0.1, 0.15) is 28.8 Å². The largest absolute Gasteiger partial charge is 0.487 e. The van der Waals surface area contributed by atoms with Crippen molar-refractivity contribution in [2.45, 2.75) is 24.5 Å². The highest BCUT2D eigenvalue weighted by atomic mass is 35.5. The number of aryl methyl sites for hydroxylation is 1. The van der Waals surface area contributed by atoms with Crippen molar-refractivity contribution in [3.63, 3.8) is 0 Å². The Bertz CT molecular complexity index is 1630. The number of halogens is 2. The van der Waals surface area contributed by atoms with E-state index in [1.807, 2.05) is 35.9 Å². The Morgan fingerprint density at radius 2 is 2.08 bits per heavy atom. The molecule has 13 heteroatoms. The van der Waals surface area contributed by atoms with E-state index in [9.17, 15) is 13.2 Å². The third kappa shape index (κ3) is 4.85. The number of pyridine rings is 1. The molecule has 0 unspecified atom stereocenters. The number of aromatic nitrogens is 3. The zero-order valence-corrected chi connectivity index (χ0v) is 23.5. The molecule has 1 N–H and O–H groups in total. The minimum atomic E-state index is -4.08. The number of sulfonamides is 1. The summed E-state index contributed by atoms with van der Waals surface area (Å²) in [7, 11) is -2.61. The first-order chi connectivity index (χ1) is 18.2. The molecular weight excluding hydrogens is 569 g/mol. The molecule has 1 aliphatic rings. The normalized spacial score (nSPS) is 16.2. The molecule has 9 nitrogen and oxygen atoms in total. The lowest BCUT2D eigenvalue weighted by molar-refractivity contribution is -0.123. The number of nitrogens with zero attached hydrogens (tertiary/aromatic N) is 4. The average molecular weight is 593 g/mol. The van der Waals surface area contributed by atoms with Crippen LogP contribution in [0.5, 0.6) is 5.75 Å². The molecule has 198 valence electrons. The summed E-state index contributed by atoms with van der Waals surface area (Å²) in [5.74, 6) is 0.616. The fraction of sp³-hybridized carbons (Fsp3) is 0.240. The van der Waals surface area contributed by atoms with Gasteiger partial charge >= 0.3 is 0 Å². The molecule has 1 aliphatic heterocycles. The fourth-order valence-corrected chi connectivity index (χ4v) is 8.29. The van der Waals surface area contributed by atoms with Crippen molar-refractivity contribution in [1.29, 1.82) is 0 Å². The zero-order chi connectivity index (χ0) is 27.0. The van der Waals surface area contributed by atoms with Crippen LogP contribution in [0.4, 0.5) is 0 Å². The summed E-state index contributed by atoms with van der Waals surface area (Å²) in [5, 5.41) is 3.59. The number of thioether (sulfide) groups is 1. The van der Waals surface area contributed by atoms with Crippen LogP contribution in [0.15, 0.2) is 60.0 Å². The molecule has 2 aromatic carbocycles. The topological polar surface area (TPSA) is 106 Å². The summed E-state index contributed by atoms with van der Waals surface area (Å²) in [5.41, 5.74) is 2.64. The molecule has 5 rings (SSSR count). The molecule has 0 saturated carbocycles. The molecule has 1 fully saturated rings. The molecule has 1 saturated heterocycles. The van der Waals surface area contributed by atoms with E-state index in [2.05, 4.69) is 15.3 Å². The number of likely N-dealkylation sites (N-methyl/N-ethyl adjacent to an activating group) is 1. The number of ether oxygens (including phenoxy) is 1. The van der Waals surface area contributed by atoms with Crippen molar-refractivity contribution < 1.29 is 17.9 Å². The van der Waals surface area contributed by atoms with E-state index >= 15 is 0 Å². The Hall–Kier alpha value is -2.83. The Labute approximate surface area is 234 Å². The molecule has 1 atom stereocenters. The number of carbonyl (C=O) groups excluding carboxylic acids is 1. The minimum absolute atomic E-state index is 0.0477. The summed E-state index contributed by atoms with van der Waals surface area (Å²) in [6.07, 6.45) is 5.26. The molecule has 0 radical (unpaired) electrons. The molecule has 1 amide bonds. The van der Waals surface area contributed by atoms with Gasteiger partial charge in [0.2, 0.25) is 15.9 Å². The zero-order valence-electron chi connectivity index (χ0n) is 20.4. The molecule has 0 spiro atoms. The molecule has 0 aliphatic carbocycles. The number of imidazole rings is 1. The number of rotatable bonds is 7. The van der Waals surface area contributed by atoms with Crippen molar-refractivity contribution in [3.8, 4) is 11.4 Å². The first-order valence-corrected chi connectivity index (χ1v) is 14.9. The smallest absolute Gasteiger partial charge is 0.246 e. The number of hydrogen-bond acceptors (Lipinski definition) is 7. The van der Waals surface area contributed by atoms with E-state index in [0.29, 0.717) is 22.6 Å².